The number of carbonyl (C=O) groups excluding carboxylic acids is 1. The first-order valence-corrected chi connectivity index (χ1v) is 6.43. The summed E-state index contributed by atoms with van der Waals surface area (Å²) in [6.45, 7) is 6.08. The molecule has 2 unspecified atom stereocenters. The zero-order valence-electron chi connectivity index (χ0n) is 11.0. The quantitative estimate of drug-likeness (QED) is 0.831. The van der Waals surface area contributed by atoms with Gasteiger partial charge in [0.2, 0.25) is 5.91 Å². The van der Waals surface area contributed by atoms with Crippen LogP contribution in [0.25, 0.3) is 0 Å². The summed E-state index contributed by atoms with van der Waals surface area (Å²) in [6, 6.07) is 8.39. The number of nitrogens with two attached hydrogens (primary N) is 1. The van der Waals surface area contributed by atoms with Crippen LogP contribution in [0.1, 0.15) is 24.1 Å². The van der Waals surface area contributed by atoms with Crippen molar-refractivity contribution in [2.75, 3.05) is 19.6 Å². The van der Waals surface area contributed by atoms with Crippen molar-refractivity contribution in [2.45, 2.75) is 25.9 Å². The van der Waals surface area contributed by atoms with Gasteiger partial charge in [-0.2, -0.15) is 0 Å². The van der Waals surface area contributed by atoms with Crippen LogP contribution in [0.5, 0.6) is 0 Å². The highest BCUT2D eigenvalue weighted by atomic mass is 16.2. The van der Waals surface area contributed by atoms with Crippen LogP contribution in [0.15, 0.2) is 24.3 Å². The van der Waals surface area contributed by atoms with Crippen molar-refractivity contribution >= 4 is 5.91 Å². The van der Waals surface area contributed by atoms with Crippen molar-refractivity contribution in [1.29, 1.82) is 0 Å². The van der Waals surface area contributed by atoms with Crippen LogP contribution < -0.4 is 11.1 Å². The Kier molecular flexibility index (Phi) is 3.99. The van der Waals surface area contributed by atoms with Gasteiger partial charge in [-0.05, 0) is 19.4 Å². The minimum Gasteiger partial charge on any atom is -0.353 e. The van der Waals surface area contributed by atoms with Crippen LogP contribution in [0.4, 0.5) is 0 Å². The van der Waals surface area contributed by atoms with Gasteiger partial charge in [-0.3, -0.25) is 9.69 Å². The molecule has 1 aliphatic heterocycles. The Morgan fingerprint density at radius 3 is 2.72 bits per heavy atom. The minimum absolute atomic E-state index is 0.0896. The van der Waals surface area contributed by atoms with Gasteiger partial charge in [0, 0.05) is 25.7 Å². The second-order valence-electron chi connectivity index (χ2n) is 4.87. The highest BCUT2D eigenvalue weighted by molar-refractivity contribution is 5.82. The summed E-state index contributed by atoms with van der Waals surface area (Å²) in [5.74, 6) is 0.0896. The fourth-order valence-electron chi connectivity index (χ4n) is 2.48. The zero-order valence-corrected chi connectivity index (χ0v) is 11.0. The highest BCUT2D eigenvalue weighted by Crippen LogP contribution is 2.23. The molecule has 4 nitrogen and oxygen atoms in total. The molecule has 1 saturated heterocycles. The van der Waals surface area contributed by atoms with Crippen LogP contribution in [0.3, 0.4) is 0 Å². The van der Waals surface area contributed by atoms with E-state index >= 15 is 0 Å². The molecule has 0 aromatic heterocycles. The van der Waals surface area contributed by atoms with E-state index in [-0.39, 0.29) is 18.0 Å². The first kappa shape index (κ1) is 13.1. The van der Waals surface area contributed by atoms with Crippen molar-refractivity contribution in [1.82, 2.24) is 10.2 Å². The summed E-state index contributed by atoms with van der Waals surface area (Å²) < 4.78 is 0. The van der Waals surface area contributed by atoms with Crippen LogP contribution in [-0.4, -0.2) is 36.5 Å². The number of piperazine rings is 1. The summed E-state index contributed by atoms with van der Waals surface area (Å²) in [4.78, 5) is 13.9. The number of aryl methyl sites for hydroxylation is 1. The van der Waals surface area contributed by atoms with E-state index in [4.69, 9.17) is 5.73 Å². The molecule has 0 bridgehead atoms. The number of rotatable bonds is 3. The van der Waals surface area contributed by atoms with Gasteiger partial charge in [0.15, 0.2) is 0 Å². The predicted molar refractivity (Wildman–Crippen MR) is 72.2 cm³/mol. The standard InChI is InChI=1S/C14H21N3O/c1-10-3-5-12(6-4-10)13(9-15)17-8-7-16-14(18)11(17)2/h3-6,11,13H,7-9,15H2,1-2H3,(H,16,18). The average Bonchev–Trinajstić information content (AvgIpc) is 2.37. The molecular formula is C14H21N3O. The van der Waals surface area contributed by atoms with Crippen molar-refractivity contribution in [2.24, 2.45) is 5.73 Å². The third kappa shape index (κ3) is 2.54. The summed E-state index contributed by atoms with van der Waals surface area (Å²) in [5.41, 5.74) is 8.33. The fourth-order valence-corrected chi connectivity index (χ4v) is 2.48. The van der Waals surface area contributed by atoms with E-state index in [9.17, 15) is 4.79 Å². The Bertz CT molecular complexity index is 416. The molecule has 1 aliphatic rings. The molecule has 1 aromatic carbocycles. The molecule has 18 heavy (non-hydrogen) atoms. The molecule has 2 atom stereocenters. The molecule has 4 heteroatoms. The number of nitrogens with zero attached hydrogens (tertiary/aromatic N) is 1. The smallest absolute Gasteiger partial charge is 0.237 e. The molecular weight excluding hydrogens is 226 g/mol. The first-order valence-electron chi connectivity index (χ1n) is 6.43. The molecule has 98 valence electrons. The van der Waals surface area contributed by atoms with Crippen LogP contribution >= 0.6 is 0 Å². The average molecular weight is 247 g/mol. The number of hydrogen-bond acceptors (Lipinski definition) is 3. The molecule has 1 fully saturated rings. The topological polar surface area (TPSA) is 58.4 Å². The van der Waals surface area contributed by atoms with Crippen molar-refractivity contribution in [3.05, 3.63) is 35.4 Å². The summed E-state index contributed by atoms with van der Waals surface area (Å²) in [6.07, 6.45) is 0. The molecule has 1 heterocycles. The summed E-state index contributed by atoms with van der Waals surface area (Å²) in [5, 5.41) is 2.88. The number of benzene rings is 1. The summed E-state index contributed by atoms with van der Waals surface area (Å²) >= 11 is 0. The van der Waals surface area contributed by atoms with Gasteiger partial charge in [-0.25, -0.2) is 0 Å². The lowest BCUT2D eigenvalue weighted by Gasteiger charge is -2.38. The highest BCUT2D eigenvalue weighted by Gasteiger charge is 2.31. The third-order valence-electron chi connectivity index (χ3n) is 3.63. The Morgan fingerprint density at radius 1 is 1.44 bits per heavy atom. The van der Waals surface area contributed by atoms with Crippen molar-refractivity contribution in [3.63, 3.8) is 0 Å². The first-order chi connectivity index (χ1) is 8.63. The Balaban J connectivity index is 2.22. The lowest BCUT2D eigenvalue weighted by atomic mass is 10.0. The fraction of sp³-hybridized carbons (Fsp3) is 0.500. The predicted octanol–water partition coefficient (Wildman–Crippen LogP) is 0.815. The van der Waals surface area contributed by atoms with E-state index in [1.807, 2.05) is 6.92 Å². The van der Waals surface area contributed by atoms with E-state index in [1.165, 1.54) is 11.1 Å². The molecule has 3 N–H and O–H groups in total. The maximum atomic E-state index is 11.7. The van der Waals surface area contributed by atoms with E-state index in [2.05, 4.69) is 41.4 Å². The van der Waals surface area contributed by atoms with Crippen LogP contribution in [0.2, 0.25) is 0 Å². The Morgan fingerprint density at radius 2 is 2.11 bits per heavy atom. The van der Waals surface area contributed by atoms with Crippen LogP contribution in [-0.2, 0) is 4.79 Å². The molecule has 0 aliphatic carbocycles. The maximum Gasteiger partial charge on any atom is 0.237 e. The Labute approximate surface area is 108 Å². The Hall–Kier alpha value is -1.39. The van der Waals surface area contributed by atoms with Gasteiger partial charge in [-0.15, -0.1) is 0 Å². The monoisotopic (exact) mass is 247 g/mol. The van der Waals surface area contributed by atoms with E-state index < -0.39 is 0 Å². The van der Waals surface area contributed by atoms with Crippen molar-refractivity contribution in [3.8, 4) is 0 Å². The summed E-state index contributed by atoms with van der Waals surface area (Å²) in [7, 11) is 0. The van der Waals surface area contributed by atoms with E-state index in [1.54, 1.807) is 0 Å². The second-order valence-corrected chi connectivity index (χ2v) is 4.87. The molecule has 0 saturated carbocycles. The van der Waals surface area contributed by atoms with Gasteiger partial charge < -0.3 is 11.1 Å². The number of hydrogen-bond donors (Lipinski definition) is 2. The van der Waals surface area contributed by atoms with Gasteiger partial charge in [-0.1, -0.05) is 29.8 Å². The normalized spacial score (nSPS) is 22.6. The largest absolute Gasteiger partial charge is 0.353 e. The van der Waals surface area contributed by atoms with Crippen LogP contribution in [0, 0.1) is 6.92 Å². The number of nitrogens with one attached hydrogen (secondary N) is 1. The SMILES string of the molecule is Cc1ccc(C(CN)N2CCNC(=O)C2C)cc1. The van der Waals surface area contributed by atoms with Gasteiger partial charge >= 0.3 is 0 Å². The van der Waals surface area contributed by atoms with E-state index in [0.717, 1.165) is 6.54 Å². The van der Waals surface area contributed by atoms with Gasteiger partial charge in [0.1, 0.15) is 0 Å². The number of amides is 1. The van der Waals surface area contributed by atoms with E-state index in [0.29, 0.717) is 13.1 Å². The van der Waals surface area contributed by atoms with Crippen molar-refractivity contribution < 1.29 is 4.79 Å². The van der Waals surface area contributed by atoms with Gasteiger partial charge in [0.25, 0.3) is 0 Å². The van der Waals surface area contributed by atoms with Gasteiger partial charge in [0.05, 0.1) is 6.04 Å². The second kappa shape index (κ2) is 5.50. The molecule has 1 aromatic rings. The lowest BCUT2D eigenvalue weighted by Crippen LogP contribution is -2.55. The minimum atomic E-state index is -0.117. The number of carbonyl (C=O) groups is 1. The molecule has 2 rings (SSSR count). The molecule has 0 radical (unpaired) electrons. The lowest BCUT2D eigenvalue weighted by molar-refractivity contribution is -0.129. The molecule has 1 amide bonds. The maximum absolute atomic E-state index is 11.7. The zero-order chi connectivity index (χ0) is 13.1. The third-order valence-corrected chi connectivity index (χ3v) is 3.63. The molecule has 0 spiro atoms.